The van der Waals surface area contributed by atoms with Crippen LogP contribution >= 0.6 is 0 Å². The van der Waals surface area contributed by atoms with Crippen molar-refractivity contribution in [1.82, 2.24) is 14.4 Å². The van der Waals surface area contributed by atoms with Gasteiger partial charge in [0.1, 0.15) is 5.65 Å². The second-order valence-electron chi connectivity index (χ2n) is 6.24. The van der Waals surface area contributed by atoms with Crippen molar-refractivity contribution in [2.45, 2.75) is 6.42 Å². The van der Waals surface area contributed by atoms with Crippen molar-refractivity contribution >= 4 is 16.6 Å². The molecule has 1 N–H and O–H groups in total. The average molecular weight is 323 g/mol. The molecule has 3 aromatic heterocycles. The van der Waals surface area contributed by atoms with Crippen LogP contribution in [0.25, 0.3) is 27.8 Å². The summed E-state index contributed by atoms with van der Waals surface area (Å²) in [5.74, 6) is 0. The van der Waals surface area contributed by atoms with Gasteiger partial charge in [-0.1, -0.05) is 54.6 Å². The highest BCUT2D eigenvalue weighted by molar-refractivity contribution is 5.83. The summed E-state index contributed by atoms with van der Waals surface area (Å²) < 4.78 is 2.20. The maximum absolute atomic E-state index is 4.90. The minimum atomic E-state index is 0.833. The van der Waals surface area contributed by atoms with Gasteiger partial charge in [-0.25, -0.2) is 4.98 Å². The van der Waals surface area contributed by atoms with Crippen molar-refractivity contribution < 1.29 is 0 Å². The number of rotatable bonds is 3. The van der Waals surface area contributed by atoms with Gasteiger partial charge in [0, 0.05) is 35.3 Å². The molecule has 3 heterocycles. The monoisotopic (exact) mass is 323 g/mol. The number of aromatic nitrogens is 3. The number of hydrogen-bond donors (Lipinski definition) is 1. The summed E-state index contributed by atoms with van der Waals surface area (Å²) >= 11 is 0. The number of pyridine rings is 1. The fourth-order valence-corrected chi connectivity index (χ4v) is 3.50. The van der Waals surface area contributed by atoms with Crippen molar-refractivity contribution in [3.8, 4) is 11.3 Å². The van der Waals surface area contributed by atoms with E-state index in [4.69, 9.17) is 4.98 Å². The Hall–Kier alpha value is -3.33. The fourth-order valence-electron chi connectivity index (χ4n) is 3.50. The molecule has 120 valence electrons. The molecule has 0 fully saturated rings. The highest BCUT2D eigenvalue weighted by Crippen LogP contribution is 2.28. The normalized spacial score (nSPS) is 11.4. The lowest BCUT2D eigenvalue weighted by Gasteiger charge is -2.05. The van der Waals surface area contributed by atoms with E-state index in [-0.39, 0.29) is 0 Å². The highest BCUT2D eigenvalue weighted by Gasteiger charge is 2.15. The third kappa shape index (κ3) is 2.32. The van der Waals surface area contributed by atoms with E-state index in [0.29, 0.717) is 0 Å². The van der Waals surface area contributed by atoms with E-state index in [2.05, 4.69) is 82.4 Å². The van der Waals surface area contributed by atoms with Crippen LogP contribution in [-0.4, -0.2) is 14.4 Å². The molecule has 3 heteroatoms. The summed E-state index contributed by atoms with van der Waals surface area (Å²) in [6.45, 7) is 0. The average Bonchev–Trinajstić information content (AvgIpc) is 3.25. The number of hydrogen-bond acceptors (Lipinski definition) is 1. The summed E-state index contributed by atoms with van der Waals surface area (Å²) in [6.07, 6.45) is 5.04. The maximum Gasteiger partial charge on any atom is 0.137 e. The Morgan fingerprint density at radius 3 is 2.56 bits per heavy atom. The first kappa shape index (κ1) is 14.1. The van der Waals surface area contributed by atoms with Gasteiger partial charge in [-0.15, -0.1) is 0 Å². The van der Waals surface area contributed by atoms with E-state index in [1.54, 1.807) is 0 Å². The van der Waals surface area contributed by atoms with E-state index < -0.39 is 0 Å². The van der Waals surface area contributed by atoms with Crippen LogP contribution in [0.1, 0.15) is 11.3 Å². The van der Waals surface area contributed by atoms with E-state index >= 15 is 0 Å². The Balaban J connectivity index is 1.72. The molecule has 0 radical (unpaired) electrons. The van der Waals surface area contributed by atoms with Gasteiger partial charge in [-0.2, -0.15) is 0 Å². The summed E-state index contributed by atoms with van der Waals surface area (Å²) in [4.78, 5) is 8.27. The van der Waals surface area contributed by atoms with Gasteiger partial charge in [-0.3, -0.25) is 0 Å². The lowest BCUT2D eigenvalue weighted by atomic mass is 10.0. The minimum Gasteiger partial charge on any atom is -0.361 e. The smallest absolute Gasteiger partial charge is 0.137 e. The molecular formula is C22H17N3. The molecule has 0 aliphatic heterocycles. The zero-order valence-electron chi connectivity index (χ0n) is 13.7. The minimum absolute atomic E-state index is 0.833. The van der Waals surface area contributed by atoms with E-state index in [1.165, 1.54) is 22.2 Å². The number of nitrogens with one attached hydrogen (secondary N) is 1. The van der Waals surface area contributed by atoms with Crippen LogP contribution in [0.3, 0.4) is 0 Å². The predicted molar refractivity (Wildman–Crippen MR) is 102 cm³/mol. The molecule has 3 nitrogen and oxygen atoms in total. The zero-order chi connectivity index (χ0) is 16.6. The Morgan fingerprint density at radius 1 is 0.840 bits per heavy atom. The van der Waals surface area contributed by atoms with Crippen LogP contribution in [-0.2, 0) is 6.42 Å². The molecular weight excluding hydrogens is 306 g/mol. The van der Waals surface area contributed by atoms with E-state index in [1.807, 2.05) is 12.1 Å². The summed E-state index contributed by atoms with van der Waals surface area (Å²) in [5, 5.41) is 1.27. The lowest BCUT2D eigenvalue weighted by molar-refractivity contribution is 1.03. The number of H-pyrrole nitrogens is 1. The molecule has 0 saturated heterocycles. The molecule has 0 amide bonds. The van der Waals surface area contributed by atoms with Crippen molar-refractivity contribution in [3.05, 3.63) is 96.4 Å². The van der Waals surface area contributed by atoms with Gasteiger partial charge in [0.2, 0.25) is 0 Å². The molecule has 0 bridgehead atoms. The van der Waals surface area contributed by atoms with Gasteiger partial charge < -0.3 is 9.38 Å². The van der Waals surface area contributed by atoms with Crippen molar-refractivity contribution in [2.75, 3.05) is 0 Å². The zero-order valence-corrected chi connectivity index (χ0v) is 13.7. The molecule has 5 aromatic rings. The van der Waals surface area contributed by atoms with Gasteiger partial charge in [-0.05, 0) is 23.8 Å². The van der Waals surface area contributed by atoms with Crippen molar-refractivity contribution in [1.29, 1.82) is 0 Å². The van der Waals surface area contributed by atoms with Gasteiger partial charge in [0.15, 0.2) is 0 Å². The van der Waals surface area contributed by atoms with Gasteiger partial charge in [0.05, 0.1) is 11.4 Å². The first-order valence-corrected chi connectivity index (χ1v) is 8.46. The summed E-state index contributed by atoms with van der Waals surface area (Å²) in [5.41, 5.74) is 6.87. The predicted octanol–water partition coefficient (Wildman–Crippen LogP) is 5.07. The third-order valence-corrected chi connectivity index (χ3v) is 4.71. The lowest BCUT2D eigenvalue weighted by Crippen LogP contribution is -1.96. The largest absolute Gasteiger partial charge is 0.361 e. The van der Waals surface area contributed by atoms with Crippen molar-refractivity contribution in [3.63, 3.8) is 0 Å². The van der Waals surface area contributed by atoms with Gasteiger partial charge in [0.25, 0.3) is 0 Å². The number of benzene rings is 2. The molecule has 5 rings (SSSR count). The summed E-state index contributed by atoms with van der Waals surface area (Å²) in [6, 6.07) is 25.0. The standard InChI is InChI=1S/C22H17N3/c1-2-8-16(9-3-1)22-20(25-13-7-6-12-21(25)24-22)14-17-15-23-19-11-5-4-10-18(17)19/h1-13,15,23H,14H2. The van der Waals surface area contributed by atoms with E-state index in [9.17, 15) is 0 Å². The van der Waals surface area contributed by atoms with Crippen LogP contribution in [0.15, 0.2) is 85.2 Å². The maximum atomic E-state index is 4.90. The molecule has 0 aliphatic rings. The Morgan fingerprint density at radius 2 is 1.64 bits per heavy atom. The Bertz CT molecular complexity index is 1170. The Labute approximate surface area is 145 Å². The molecule has 0 aliphatic carbocycles. The molecule has 25 heavy (non-hydrogen) atoms. The van der Waals surface area contributed by atoms with Crippen LogP contribution in [0.2, 0.25) is 0 Å². The number of para-hydroxylation sites is 1. The molecule has 0 atom stereocenters. The number of imidazole rings is 1. The van der Waals surface area contributed by atoms with Crippen molar-refractivity contribution in [2.24, 2.45) is 0 Å². The highest BCUT2D eigenvalue weighted by atomic mass is 15.0. The topological polar surface area (TPSA) is 33.1 Å². The second kappa shape index (κ2) is 5.64. The SMILES string of the molecule is c1ccc(-c2nc3ccccn3c2Cc2c[nH]c3ccccc23)cc1. The third-order valence-electron chi connectivity index (χ3n) is 4.71. The number of fused-ring (bicyclic) bond motifs is 2. The van der Waals surface area contributed by atoms with Crippen LogP contribution < -0.4 is 0 Å². The molecule has 0 saturated carbocycles. The number of nitrogens with zero attached hydrogens (tertiary/aromatic N) is 2. The fraction of sp³-hybridized carbons (Fsp3) is 0.0455. The second-order valence-corrected chi connectivity index (χ2v) is 6.24. The molecule has 2 aromatic carbocycles. The quantitative estimate of drug-likeness (QED) is 0.494. The summed E-state index contributed by atoms with van der Waals surface area (Å²) in [7, 11) is 0. The van der Waals surface area contributed by atoms with Crippen LogP contribution in [0.4, 0.5) is 0 Å². The van der Waals surface area contributed by atoms with Crippen LogP contribution in [0.5, 0.6) is 0 Å². The van der Waals surface area contributed by atoms with E-state index in [0.717, 1.165) is 23.3 Å². The molecule has 0 spiro atoms. The first-order valence-electron chi connectivity index (χ1n) is 8.46. The van der Waals surface area contributed by atoms with Gasteiger partial charge >= 0.3 is 0 Å². The van der Waals surface area contributed by atoms with Crippen LogP contribution in [0, 0.1) is 0 Å². The molecule has 0 unspecified atom stereocenters. The first-order chi connectivity index (χ1) is 12.4. The number of aromatic amines is 1. The Kier molecular flexibility index (Phi) is 3.17.